The van der Waals surface area contributed by atoms with Gasteiger partial charge in [0, 0.05) is 7.11 Å². The van der Waals surface area contributed by atoms with Crippen molar-refractivity contribution in [3.8, 4) is 0 Å². The molecule has 0 aromatic carbocycles. The number of nitrogens with one attached hydrogen (secondary N) is 1. The highest BCUT2D eigenvalue weighted by Crippen LogP contribution is 2.38. The number of hydrogen-bond acceptors (Lipinski definition) is 3. The van der Waals surface area contributed by atoms with Crippen LogP contribution >= 0.6 is 0 Å². The third kappa shape index (κ3) is 4.34. The van der Waals surface area contributed by atoms with E-state index in [2.05, 4.69) is 12.2 Å². The minimum Gasteiger partial charge on any atom is -0.481 e. The van der Waals surface area contributed by atoms with Crippen LogP contribution in [-0.2, 0) is 14.3 Å². The number of hydrogen-bond donors (Lipinski definition) is 2. The summed E-state index contributed by atoms with van der Waals surface area (Å²) in [5, 5.41) is 11.6. The van der Waals surface area contributed by atoms with Crippen LogP contribution in [0.2, 0.25) is 0 Å². The molecule has 1 aliphatic carbocycles. The molecule has 0 aromatic rings. The van der Waals surface area contributed by atoms with Gasteiger partial charge < -0.3 is 15.2 Å². The first-order chi connectivity index (χ1) is 8.10. The maximum atomic E-state index is 11.7. The Hall–Kier alpha value is -1.10. The quantitative estimate of drug-likeness (QED) is 0.667. The van der Waals surface area contributed by atoms with Gasteiger partial charge in [0.1, 0.15) is 0 Å². The van der Waals surface area contributed by atoms with Crippen molar-refractivity contribution in [2.75, 3.05) is 13.7 Å². The van der Waals surface area contributed by atoms with Crippen LogP contribution in [0.5, 0.6) is 0 Å². The van der Waals surface area contributed by atoms with E-state index >= 15 is 0 Å². The first-order valence-electron chi connectivity index (χ1n) is 6.12. The topological polar surface area (TPSA) is 75.6 Å². The lowest BCUT2D eigenvalue weighted by molar-refractivity contribution is -0.140. The summed E-state index contributed by atoms with van der Waals surface area (Å²) in [6.07, 6.45) is 3.44. The van der Waals surface area contributed by atoms with Gasteiger partial charge in [0.2, 0.25) is 5.91 Å². The highest BCUT2D eigenvalue weighted by atomic mass is 16.5. The summed E-state index contributed by atoms with van der Waals surface area (Å²) in [4.78, 5) is 22.4. The molecule has 1 saturated carbocycles. The van der Waals surface area contributed by atoms with Crippen molar-refractivity contribution in [3.63, 3.8) is 0 Å². The van der Waals surface area contributed by atoms with Crippen LogP contribution < -0.4 is 5.32 Å². The van der Waals surface area contributed by atoms with E-state index in [4.69, 9.17) is 9.84 Å². The smallest absolute Gasteiger partial charge is 0.307 e. The van der Waals surface area contributed by atoms with Gasteiger partial charge in [0.15, 0.2) is 0 Å². The zero-order chi connectivity index (χ0) is 12.8. The van der Waals surface area contributed by atoms with Gasteiger partial charge in [0.25, 0.3) is 0 Å². The molecule has 0 heterocycles. The molecule has 0 saturated heterocycles. The number of unbranched alkanes of at least 4 members (excludes halogenated alkanes) is 1. The van der Waals surface area contributed by atoms with Gasteiger partial charge in [-0.15, -0.1) is 0 Å². The number of carboxylic acid groups (broad SMARTS) is 1. The number of carboxylic acids is 1. The number of rotatable bonds is 8. The molecule has 2 N–H and O–H groups in total. The summed E-state index contributed by atoms with van der Waals surface area (Å²) >= 11 is 0. The molecule has 1 aliphatic rings. The zero-order valence-electron chi connectivity index (χ0n) is 10.4. The highest BCUT2D eigenvalue weighted by Gasteiger charge is 2.48. The second-order valence-corrected chi connectivity index (χ2v) is 4.59. The van der Waals surface area contributed by atoms with E-state index in [-0.39, 0.29) is 17.9 Å². The SMILES string of the molecule is CCCC[C@H](COC)NC(=O)[C@@H]1C[C@H]1C(=O)O. The summed E-state index contributed by atoms with van der Waals surface area (Å²) in [5.41, 5.74) is 0. The monoisotopic (exact) mass is 243 g/mol. The van der Waals surface area contributed by atoms with E-state index in [9.17, 15) is 9.59 Å². The second kappa shape index (κ2) is 6.59. The summed E-state index contributed by atoms with van der Waals surface area (Å²) < 4.78 is 5.05. The first kappa shape index (κ1) is 14.0. The molecular formula is C12H21NO4. The molecule has 17 heavy (non-hydrogen) atoms. The van der Waals surface area contributed by atoms with E-state index in [0.717, 1.165) is 19.3 Å². The Morgan fingerprint density at radius 2 is 2.18 bits per heavy atom. The van der Waals surface area contributed by atoms with Crippen molar-refractivity contribution in [3.05, 3.63) is 0 Å². The fourth-order valence-corrected chi connectivity index (χ4v) is 1.91. The number of aliphatic carboxylic acids is 1. The van der Waals surface area contributed by atoms with Crippen molar-refractivity contribution in [1.82, 2.24) is 5.32 Å². The predicted molar refractivity (Wildman–Crippen MR) is 62.6 cm³/mol. The standard InChI is InChI=1S/C12H21NO4/c1-3-4-5-8(7-17-2)13-11(14)9-6-10(9)12(15)16/h8-10H,3-7H2,1-2H3,(H,13,14)(H,15,16)/t8-,9-,10-/m1/s1. The number of carbonyl (C=O) groups is 2. The molecule has 0 radical (unpaired) electrons. The molecular weight excluding hydrogens is 222 g/mol. The van der Waals surface area contributed by atoms with Gasteiger partial charge in [-0.25, -0.2) is 0 Å². The summed E-state index contributed by atoms with van der Waals surface area (Å²) in [7, 11) is 1.60. The van der Waals surface area contributed by atoms with Crippen LogP contribution in [0.1, 0.15) is 32.6 Å². The zero-order valence-corrected chi connectivity index (χ0v) is 10.4. The third-order valence-electron chi connectivity index (χ3n) is 3.06. The Morgan fingerprint density at radius 3 is 2.65 bits per heavy atom. The van der Waals surface area contributed by atoms with Crippen molar-refractivity contribution >= 4 is 11.9 Å². The Morgan fingerprint density at radius 1 is 1.47 bits per heavy atom. The van der Waals surface area contributed by atoms with Crippen LogP contribution in [0.3, 0.4) is 0 Å². The van der Waals surface area contributed by atoms with Gasteiger partial charge in [0.05, 0.1) is 24.5 Å². The summed E-state index contributed by atoms with van der Waals surface area (Å²) in [5.74, 6) is -1.84. The maximum Gasteiger partial charge on any atom is 0.307 e. The Kier molecular flexibility index (Phi) is 5.41. The highest BCUT2D eigenvalue weighted by molar-refractivity contribution is 5.89. The summed E-state index contributed by atoms with van der Waals surface area (Å²) in [6.45, 7) is 2.57. The molecule has 3 atom stereocenters. The number of carbonyl (C=O) groups excluding carboxylic acids is 1. The van der Waals surface area contributed by atoms with E-state index < -0.39 is 11.9 Å². The molecule has 0 spiro atoms. The lowest BCUT2D eigenvalue weighted by atomic mass is 10.1. The van der Waals surface area contributed by atoms with Gasteiger partial charge in [-0.2, -0.15) is 0 Å². The average Bonchev–Trinajstić information content (AvgIpc) is 3.06. The third-order valence-corrected chi connectivity index (χ3v) is 3.06. The van der Waals surface area contributed by atoms with Crippen LogP contribution in [0.25, 0.3) is 0 Å². The second-order valence-electron chi connectivity index (χ2n) is 4.59. The molecule has 5 heteroatoms. The number of ether oxygens (including phenoxy) is 1. The van der Waals surface area contributed by atoms with Crippen LogP contribution in [-0.4, -0.2) is 36.7 Å². The van der Waals surface area contributed by atoms with E-state index in [1.807, 2.05) is 0 Å². The Labute approximate surface area is 102 Å². The number of amides is 1. The molecule has 0 aromatic heterocycles. The van der Waals surface area contributed by atoms with Crippen molar-refractivity contribution in [2.45, 2.75) is 38.6 Å². The van der Waals surface area contributed by atoms with Gasteiger partial charge in [-0.05, 0) is 12.8 Å². The van der Waals surface area contributed by atoms with Gasteiger partial charge in [-0.1, -0.05) is 19.8 Å². The van der Waals surface area contributed by atoms with E-state index in [0.29, 0.717) is 13.0 Å². The minimum absolute atomic E-state index is 0.00231. The van der Waals surface area contributed by atoms with Crippen LogP contribution in [0.4, 0.5) is 0 Å². The van der Waals surface area contributed by atoms with Gasteiger partial charge >= 0.3 is 5.97 Å². The minimum atomic E-state index is -0.873. The average molecular weight is 243 g/mol. The molecule has 1 fully saturated rings. The Bertz CT molecular complexity index is 280. The Balaban J connectivity index is 2.34. The van der Waals surface area contributed by atoms with E-state index in [1.165, 1.54) is 0 Å². The molecule has 0 aliphatic heterocycles. The summed E-state index contributed by atoms with van der Waals surface area (Å²) in [6, 6.07) is 0.00231. The largest absolute Gasteiger partial charge is 0.481 e. The lowest BCUT2D eigenvalue weighted by Gasteiger charge is -2.17. The molecule has 5 nitrogen and oxygen atoms in total. The number of methoxy groups -OCH3 is 1. The van der Waals surface area contributed by atoms with Crippen LogP contribution in [0.15, 0.2) is 0 Å². The van der Waals surface area contributed by atoms with Crippen LogP contribution in [0, 0.1) is 11.8 Å². The molecule has 1 rings (SSSR count). The molecule has 0 unspecified atom stereocenters. The predicted octanol–water partition coefficient (Wildman–Crippen LogP) is 1.03. The fraction of sp³-hybridized carbons (Fsp3) is 0.833. The normalized spacial score (nSPS) is 24.1. The first-order valence-corrected chi connectivity index (χ1v) is 6.12. The van der Waals surface area contributed by atoms with Gasteiger partial charge in [-0.3, -0.25) is 9.59 Å². The van der Waals surface area contributed by atoms with Crippen molar-refractivity contribution < 1.29 is 19.4 Å². The van der Waals surface area contributed by atoms with Crippen molar-refractivity contribution in [1.29, 1.82) is 0 Å². The lowest BCUT2D eigenvalue weighted by Crippen LogP contribution is -2.39. The molecule has 98 valence electrons. The fourth-order valence-electron chi connectivity index (χ4n) is 1.91. The molecule has 1 amide bonds. The van der Waals surface area contributed by atoms with Crippen molar-refractivity contribution in [2.24, 2.45) is 11.8 Å². The molecule has 0 bridgehead atoms. The maximum absolute atomic E-state index is 11.7. The van der Waals surface area contributed by atoms with E-state index in [1.54, 1.807) is 7.11 Å².